The second kappa shape index (κ2) is 2.57. The van der Waals surface area contributed by atoms with Crippen LogP contribution in [0.1, 0.15) is 62.3 Å². The van der Waals surface area contributed by atoms with E-state index in [0.29, 0.717) is 21.7 Å². The molecule has 0 atom stereocenters. The predicted molar refractivity (Wildman–Crippen MR) is 64.3 cm³/mol. The summed E-state index contributed by atoms with van der Waals surface area (Å²) >= 11 is 0. The van der Waals surface area contributed by atoms with Gasteiger partial charge in [0.25, 0.3) is 0 Å². The highest BCUT2D eigenvalue weighted by Gasteiger charge is 2.74. The molecule has 0 heteroatoms. The van der Waals surface area contributed by atoms with Crippen LogP contribution in [-0.4, -0.2) is 0 Å². The summed E-state index contributed by atoms with van der Waals surface area (Å²) in [6.45, 7) is 21.8. The molecule has 0 N–H and O–H groups in total. The monoisotopic (exact) mass is 196 g/mol. The van der Waals surface area contributed by atoms with Crippen molar-refractivity contribution in [2.75, 3.05) is 0 Å². The molecule has 0 spiro atoms. The fourth-order valence-electron chi connectivity index (χ4n) is 4.24. The van der Waals surface area contributed by atoms with E-state index in [2.05, 4.69) is 62.3 Å². The largest absolute Gasteiger partial charge is 0.0622 e. The van der Waals surface area contributed by atoms with Crippen LogP contribution < -0.4 is 0 Å². The molecule has 0 aromatic heterocycles. The van der Waals surface area contributed by atoms with Crippen LogP contribution in [0.15, 0.2) is 0 Å². The third kappa shape index (κ3) is 0.823. The molecule has 1 rings (SSSR count). The van der Waals surface area contributed by atoms with Crippen LogP contribution in [0.4, 0.5) is 0 Å². The molecule has 14 heavy (non-hydrogen) atoms. The first-order valence-corrected chi connectivity index (χ1v) is 5.94. The summed E-state index contributed by atoms with van der Waals surface area (Å²) in [6.07, 6.45) is 0. The van der Waals surface area contributed by atoms with Gasteiger partial charge in [0, 0.05) is 0 Å². The summed E-state index contributed by atoms with van der Waals surface area (Å²) in [5.74, 6) is 0.750. The lowest BCUT2D eigenvalue weighted by Crippen LogP contribution is -2.73. The summed E-state index contributed by atoms with van der Waals surface area (Å²) in [7, 11) is 0. The van der Waals surface area contributed by atoms with Crippen LogP contribution in [0.3, 0.4) is 0 Å². The molecule has 0 aromatic carbocycles. The quantitative estimate of drug-likeness (QED) is 0.568. The van der Waals surface area contributed by atoms with E-state index in [1.54, 1.807) is 0 Å². The normalized spacial score (nSPS) is 31.3. The van der Waals surface area contributed by atoms with E-state index in [9.17, 15) is 0 Å². The molecule has 0 aliphatic heterocycles. The fraction of sp³-hybridized carbons (Fsp3) is 1.00. The first-order chi connectivity index (χ1) is 5.94. The molecule has 0 nitrogen and oxygen atoms in total. The molecule has 0 unspecified atom stereocenters. The average Bonchev–Trinajstić information content (AvgIpc) is 2.00. The van der Waals surface area contributed by atoms with Crippen LogP contribution in [0.2, 0.25) is 0 Å². The Labute approximate surface area is 90.5 Å². The Morgan fingerprint density at radius 3 is 1.00 bits per heavy atom. The predicted octanol–water partition coefficient (Wildman–Crippen LogP) is 4.74. The molecule has 1 aliphatic carbocycles. The van der Waals surface area contributed by atoms with Crippen molar-refractivity contribution in [1.29, 1.82) is 0 Å². The molecule has 0 bridgehead atoms. The minimum atomic E-state index is 0.428. The van der Waals surface area contributed by atoms with Gasteiger partial charge >= 0.3 is 0 Å². The molecule has 0 aromatic rings. The van der Waals surface area contributed by atoms with Crippen LogP contribution in [-0.2, 0) is 0 Å². The smallest absolute Gasteiger partial charge is 0.0190 e. The summed E-state index contributed by atoms with van der Waals surface area (Å²) in [6, 6.07) is 0. The van der Waals surface area contributed by atoms with Gasteiger partial charge in [-0.2, -0.15) is 0 Å². The Morgan fingerprint density at radius 2 is 0.857 bits per heavy atom. The van der Waals surface area contributed by atoms with Gasteiger partial charge in [-0.25, -0.2) is 0 Å². The van der Waals surface area contributed by atoms with E-state index in [-0.39, 0.29) is 0 Å². The highest BCUT2D eigenvalue weighted by molar-refractivity contribution is 5.21. The van der Waals surface area contributed by atoms with Gasteiger partial charge in [-0.15, -0.1) is 0 Å². The lowest BCUT2D eigenvalue weighted by atomic mass is 9.25. The van der Waals surface area contributed by atoms with Gasteiger partial charge in [0.05, 0.1) is 0 Å². The number of hydrogen-bond donors (Lipinski definition) is 0. The molecule has 1 fully saturated rings. The highest BCUT2D eigenvalue weighted by atomic mass is 14.8. The van der Waals surface area contributed by atoms with E-state index in [4.69, 9.17) is 0 Å². The van der Waals surface area contributed by atoms with Crippen molar-refractivity contribution in [2.45, 2.75) is 62.3 Å². The molecular formula is C14H28. The zero-order valence-electron chi connectivity index (χ0n) is 11.6. The van der Waals surface area contributed by atoms with E-state index in [0.717, 1.165) is 5.92 Å². The maximum Gasteiger partial charge on any atom is -0.0190 e. The molecule has 1 saturated carbocycles. The molecule has 0 radical (unpaired) electrons. The fourth-order valence-corrected chi connectivity index (χ4v) is 4.24. The SMILES string of the molecule is CC(C)C1(C)C(C)(C)C(C)(C)C1(C)C. The number of rotatable bonds is 1. The van der Waals surface area contributed by atoms with Gasteiger partial charge in [0.15, 0.2) is 0 Å². The molecule has 84 valence electrons. The Kier molecular flexibility index (Phi) is 2.21. The van der Waals surface area contributed by atoms with Gasteiger partial charge in [-0.3, -0.25) is 0 Å². The van der Waals surface area contributed by atoms with Crippen molar-refractivity contribution in [3.8, 4) is 0 Å². The average molecular weight is 196 g/mol. The van der Waals surface area contributed by atoms with E-state index in [1.165, 1.54) is 0 Å². The standard InChI is InChI=1S/C14H28/c1-10(2)14(9)12(5,6)11(3,4)13(14,7)8/h10H,1-9H3. The topological polar surface area (TPSA) is 0 Å². The second-order valence-corrected chi connectivity index (χ2v) is 7.23. The molecule has 0 heterocycles. The lowest BCUT2D eigenvalue weighted by Gasteiger charge is -2.79. The van der Waals surface area contributed by atoms with Crippen LogP contribution >= 0.6 is 0 Å². The molecule has 0 amide bonds. The number of hydrogen-bond acceptors (Lipinski definition) is 0. The maximum atomic E-state index is 2.48. The van der Waals surface area contributed by atoms with Crippen LogP contribution in [0, 0.1) is 27.6 Å². The Morgan fingerprint density at radius 1 is 0.571 bits per heavy atom. The van der Waals surface area contributed by atoms with Crippen LogP contribution in [0.25, 0.3) is 0 Å². The van der Waals surface area contributed by atoms with Gasteiger partial charge in [0.1, 0.15) is 0 Å². The zero-order chi connectivity index (χ0) is 11.6. The van der Waals surface area contributed by atoms with Crippen molar-refractivity contribution in [3.05, 3.63) is 0 Å². The first-order valence-electron chi connectivity index (χ1n) is 5.94. The second-order valence-electron chi connectivity index (χ2n) is 7.23. The van der Waals surface area contributed by atoms with Crippen molar-refractivity contribution in [3.63, 3.8) is 0 Å². The van der Waals surface area contributed by atoms with E-state index < -0.39 is 0 Å². The molecular weight excluding hydrogens is 168 g/mol. The van der Waals surface area contributed by atoms with Crippen molar-refractivity contribution < 1.29 is 0 Å². The molecule has 0 saturated heterocycles. The summed E-state index contributed by atoms with van der Waals surface area (Å²) in [5.41, 5.74) is 1.73. The minimum Gasteiger partial charge on any atom is -0.0622 e. The highest BCUT2D eigenvalue weighted by Crippen LogP contribution is 2.79. The Hall–Kier alpha value is 0. The third-order valence-electron chi connectivity index (χ3n) is 6.88. The zero-order valence-corrected chi connectivity index (χ0v) is 11.6. The summed E-state index contributed by atoms with van der Waals surface area (Å²) in [5, 5.41) is 0. The lowest BCUT2D eigenvalue weighted by molar-refractivity contribution is -0.311. The van der Waals surface area contributed by atoms with Gasteiger partial charge in [-0.05, 0) is 27.6 Å². The van der Waals surface area contributed by atoms with Gasteiger partial charge in [0.2, 0.25) is 0 Å². The Balaban J connectivity index is 3.25. The van der Waals surface area contributed by atoms with Gasteiger partial charge < -0.3 is 0 Å². The minimum absolute atomic E-state index is 0.428. The van der Waals surface area contributed by atoms with E-state index in [1.807, 2.05) is 0 Å². The first kappa shape index (κ1) is 12.1. The summed E-state index contributed by atoms with van der Waals surface area (Å²) in [4.78, 5) is 0. The third-order valence-corrected chi connectivity index (χ3v) is 6.88. The Bertz CT molecular complexity index is 223. The summed E-state index contributed by atoms with van der Waals surface area (Å²) < 4.78 is 0. The van der Waals surface area contributed by atoms with Crippen LogP contribution in [0.5, 0.6) is 0 Å². The van der Waals surface area contributed by atoms with Crippen molar-refractivity contribution in [2.24, 2.45) is 27.6 Å². The maximum absolute atomic E-state index is 2.48. The van der Waals surface area contributed by atoms with Gasteiger partial charge in [-0.1, -0.05) is 62.3 Å². The van der Waals surface area contributed by atoms with Crippen molar-refractivity contribution >= 4 is 0 Å². The van der Waals surface area contributed by atoms with Crippen molar-refractivity contribution in [1.82, 2.24) is 0 Å². The van der Waals surface area contributed by atoms with E-state index >= 15 is 0 Å². The molecule has 1 aliphatic rings.